The number of amides is 1. The molecule has 0 radical (unpaired) electrons. The van der Waals surface area contributed by atoms with Gasteiger partial charge in [0, 0.05) is 5.69 Å². The first-order valence-electron chi connectivity index (χ1n) is 5.06. The molecule has 1 atom stereocenters. The second-order valence-electron chi connectivity index (χ2n) is 4.04. The lowest BCUT2D eigenvalue weighted by molar-refractivity contribution is -0.184. The van der Waals surface area contributed by atoms with Crippen LogP contribution >= 0.6 is 0 Å². The number of hydrogen-bond donors (Lipinski definition) is 3. The molecule has 0 aliphatic rings. The summed E-state index contributed by atoms with van der Waals surface area (Å²) in [4.78, 5) is 22.1. The molecule has 104 valence electrons. The third kappa shape index (κ3) is 3.22. The summed E-state index contributed by atoms with van der Waals surface area (Å²) in [7, 11) is 0. The number of aromatic carboxylic acids is 1. The zero-order chi connectivity index (χ0) is 14.8. The van der Waals surface area contributed by atoms with E-state index in [0.717, 1.165) is 6.07 Å². The SMILES string of the molecule is CC(N)(C(=O)Nc1cccc(C(=O)O)c1)C(F)(F)F. The lowest BCUT2D eigenvalue weighted by Gasteiger charge is -2.26. The lowest BCUT2D eigenvalue weighted by atomic mass is 10.0. The quantitative estimate of drug-likeness (QED) is 0.781. The highest BCUT2D eigenvalue weighted by molar-refractivity contribution is 5.99. The molecule has 1 amide bonds. The van der Waals surface area contributed by atoms with Crippen LogP contribution in [0.1, 0.15) is 17.3 Å². The number of carbonyl (C=O) groups excluding carboxylic acids is 1. The van der Waals surface area contributed by atoms with Crippen molar-refractivity contribution in [1.29, 1.82) is 0 Å². The minimum atomic E-state index is -4.92. The largest absolute Gasteiger partial charge is 0.478 e. The van der Waals surface area contributed by atoms with Crippen LogP contribution in [-0.2, 0) is 4.79 Å². The molecule has 0 heterocycles. The van der Waals surface area contributed by atoms with Crippen LogP contribution in [0.25, 0.3) is 0 Å². The fourth-order valence-corrected chi connectivity index (χ4v) is 1.12. The van der Waals surface area contributed by atoms with Crippen LogP contribution in [0.15, 0.2) is 24.3 Å². The average Bonchev–Trinajstić information content (AvgIpc) is 2.27. The normalized spacial score (nSPS) is 14.6. The van der Waals surface area contributed by atoms with Crippen LogP contribution in [0, 0.1) is 0 Å². The van der Waals surface area contributed by atoms with Crippen molar-refractivity contribution in [2.24, 2.45) is 5.73 Å². The summed E-state index contributed by atoms with van der Waals surface area (Å²) in [6.07, 6.45) is -4.92. The topological polar surface area (TPSA) is 92.4 Å². The Labute approximate surface area is 106 Å². The number of nitrogens with one attached hydrogen (secondary N) is 1. The van der Waals surface area contributed by atoms with Crippen molar-refractivity contribution < 1.29 is 27.9 Å². The monoisotopic (exact) mass is 276 g/mol. The first kappa shape index (κ1) is 15.0. The number of benzene rings is 1. The number of rotatable bonds is 3. The molecule has 0 aliphatic heterocycles. The Morgan fingerprint density at radius 3 is 2.37 bits per heavy atom. The molecule has 0 aliphatic carbocycles. The summed E-state index contributed by atoms with van der Waals surface area (Å²) >= 11 is 0. The summed E-state index contributed by atoms with van der Waals surface area (Å²) < 4.78 is 37.5. The van der Waals surface area contributed by atoms with Gasteiger partial charge < -0.3 is 16.2 Å². The summed E-state index contributed by atoms with van der Waals surface area (Å²) in [5, 5.41) is 10.7. The standard InChI is InChI=1S/C11H11F3N2O3/c1-10(15,11(12,13)14)9(19)16-7-4-2-3-6(5-7)8(17)18/h2-5H,15H2,1H3,(H,16,19)(H,17,18). The summed E-state index contributed by atoms with van der Waals surface area (Å²) in [5.74, 6) is -2.73. The second kappa shape index (κ2) is 4.88. The molecule has 0 saturated heterocycles. The molecule has 1 aromatic rings. The van der Waals surface area contributed by atoms with Gasteiger partial charge in [0.05, 0.1) is 5.56 Å². The van der Waals surface area contributed by atoms with Crippen molar-refractivity contribution in [2.75, 3.05) is 5.32 Å². The van der Waals surface area contributed by atoms with Gasteiger partial charge in [-0.15, -0.1) is 0 Å². The predicted molar refractivity (Wildman–Crippen MR) is 60.7 cm³/mol. The van der Waals surface area contributed by atoms with Gasteiger partial charge in [-0.25, -0.2) is 4.79 Å². The van der Waals surface area contributed by atoms with E-state index in [9.17, 15) is 22.8 Å². The minimum Gasteiger partial charge on any atom is -0.478 e. The molecule has 0 bridgehead atoms. The van der Waals surface area contributed by atoms with Crippen molar-refractivity contribution >= 4 is 17.6 Å². The third-order valence-electron chi connectivity index (χ3n) is 2.43. The molecular weight excluding hydrogens is 265 g/mol. The zero-order valence-corrected chi connectivity index (χ0v) is 9.78. The Bertz CT molecular complexity index is 512. The summed E-state index contributed by atoms with van der Waals surface area (Å²) in [5.41, 5.74) is 1.63. The van der Waals surface area contributed by atoms with Gasteiger partial charge in [-0.1, -0.05) is 6.07 Å². The maximum atomic E-state index is 12.5. The number of anilines is 1. The molecule has 0 spiro atoms. The molecule has 19 heavy (non-hydrogen) atoms. The first-order chi connectivity index (χ1) is 8.55. The Kier molecular flexibility index (Phi) is 3.85. The molecule has 1 aromatic carbocycles. The van der Waals surface area contributed by atoms with E-state index in [4.69, 9.17) is 10.8 Å². The van der Waals surface area contributed by atoms with E-state index < -0.39 is 23.6 Å². The van der Waals surface area contributed by atoms with Gasteiger partial charge >= 0.3 is 12.1 Å². The Morgan fingerprint density at radius 1 is 1.32 bits per heavy atom. The number of alkyl halides is 3. The van der Waals surface area contributed by atoms with Crippen LogP contribution in [0.2, 0.25) is 0 Å². The number of hydrogen-bond acceptors (Lipinski definition) is 3. The number of carboxylic acid groups (broad SMARTS) is 1. The highest BCUT2D eigenvalue weighted by atomic mass is 19.4. The van der Waals surface area contributed by atoms with Gasteiger partial charge in [0.25, 0.3) is 5.91 Å². The summed E-state index contributed by atoms with van der Waals surface area (Å²) in [6, 6.07) is 4.83. The van der Waals surface area contributed by atoms with Crippen LogP contribution in [0.3, 0.4) is 0 Å². The van der Waals surface area contributed by atoms with E-state index in [-0.39, 0.29) is 11.3 Å². The van der Waals surface area contributed by atoms with E-state index >= 15 is 0 Å². The van der Waals surface area contributed by atoms with Gasteiger partial charge in [-0.3, -0.25) is 4.79 Å². The fourth-order valence-electron chi connectivity index (χ4n) is 1.12. The average molecular weight is 276 g/mol. The molecule has 0 fully saturated rings. The van der Waals surface area contributed by atoms with Crippen LogP contribution < -0.4 is 11.1 Å². The number of carbonyl (C=O) groups is 2. The molecule has 0 aromatic heterocycles. The van der Waals surface area contributed by atoms with Crippen molar-refractivity contribution in [3.63, 3.8) is 0 Å². The number of halogens is 3. The van der Waals surface area contributed by atoms with E-state index in [1.165, 1.54) is 18.2 Å². The highest BCUT2D eigenvalue weighted by Crippen LogP contribution is 2.29. The number of nitrogens with two attached hydrogens (primary N) is 1. The second-order valence-corrected chi connectivity index (χ2v) is 4.04. The van der Waals surface area contributed by atoms with Gasteiger partial charge in [0.1, 0.15) is 0 Å². The molecule has 1 rings (SSSR count). The first-order valence-corrected chi connectivity index (χ1v) is 5.06. The molecule has 5 nitrogen and oxygen atoms in total. The lowest BCUT2D eigenvalue weighted by Crippen LogP contribution is -2.59. The van der Waals surface area contributed by atoms with E-state index in [1.807, 2.05) is 5.32 Å². The van der Waals surface area contributed by atoms with E-state index in [0.29, 0.717) is 6.92 Å². The van der Waals surface area contributed by atoms with Gasteiger partial charge in [0.2, 0.25) is 0 Å². The van der Waals surface area contributed by atoms with Crippen molar-refractivity contribution in [1.82, 2.24) is 0 Å². The maximum absolute atomic E-state index is 12.5. The Morgan fingerprint density at radius 2 is 1.89 bits per heavy atom. The predicted octanol–water partition coefficient (Wildman–Crippen LogP) is 1.60. The molecule has 0 saturated carbocycles. The van der Waals surface area contributed by atoms with E-state index in [2.05, 4.69) is 0 Å². The van der Waals surface area contributed by atoms with Crippen molar-refractivity contribution in [3.8, 4) is 0 Å². The molecule has 1 unspecified atom stereocenters. The maximum Gasteiger partial charge on any atom is 0.415 e. The van der Waals surface area contributed by atoms with Crippen LogP contribution in [0.5, 0.6) is 0 Å². The third-order valence-corrected chi connectivity index (χ3v) is 2.43. The smallest absolute Gasteiger partial charge is 0.415 e. The van der Waals surface area contributed by atoms with Crippen molar-refractivity contribution in [2.45, 2.75) is 18.6 Å². The van der Waals surface area contributed by atoms with Crippen LogP contribution in [0.4, 0.5) is 18.9 Å². The molecule has 4 N–H and O–H groups in total. The van der Waals surface area contributed by atoms with Gasteiger partial charge in [0.15, 0.2) is 5.54 Å². The van der Waals surface area contributed by atoms with Gasteiger partial charge in [-0.2, -0.15) is 13.2 Å². The summed E-state index contributed by atoms with van der Waals surface area (Å²) in [6.45, 7) is 0.531. The Balaban J connectivity index is 2.95. The minimum absolute atomic E-state index is 0.0779. The van der Waals surface area contributed by atoms with Crippen molar-refractivity contribution in [3.05, 3.63) is 29.8 Å². The fraction of sp³-hybridized carbons (Fsp3) is 0.273. The molecular formula is C11H11F3N2O3. The van der Waals surface area contributed by atoms with Crippen LogP contribution in [-0.4, -0.2) is 28.7 Å². The zero-order valence-electron chi connectivity index (χ0n) is 9.78. The van der Waals surface area contributed by atoms with E-state index in [1.54, 1.807) is 0 Å². The van der Waals surface area contributed by atoms with Gasteiger partial charge in [-0.05, 0) is 25.1 Å². The Hall–Kier alpha value is -2.09. The highest BCUT2D eigenvalue weighted by Gasteiger charge is 2.53. The molecule has 8 heteroatoms. The number of carboxylic acids is 1.